The molecule has 4 atom stereocenters. The number of benzene rings is 3. The Morgan fingerprint density at radius 1 is 0.939 bits per heavy atom. The molecule has 3 aromatic rings. The molecule has 3 heterocycles. The van der Waals surface area contributed by atoms with Crippen molar-refractivity contribution < 1.29 is 24.2 Å². The van der Waals surface area contributed by atoms with Crippen molar-refractivity contribution in [1.29, 1.82) is 0 Å². The monoisotopic (exact) mass is 684 g/mol. The van der Waals surface area contributed by atoms with E-state index in [-0.39, 0.29) is 55.1 Å². The molecule has 3 saturated heterocycles. The highest BCUT2D eigenvalue weighted by Crippen LogP contribution is 2.46. The molecule has 3 aliphatic heterocycles. The van der Waals surface area contributed by atoms with Gasteiger partial charge in [0.05, 0.1) is 31.9 Å². The predicted octanol–water partition coefficient (Wildman–Crippen LogP) is 4.93. The number of ether oxygens (including phenoxy) is 1. The molecule has 1 spiro atoms. The Balaban J connectivity index is 1.11. The zero-order valence-electron chi connectivity index (χ0n) is 29.1. The second-order valence-electron chi connectivity index (χ2n) is 14.6. The SMILES string of the molecule is C[C@@H]1[C@@H]([Si](C)(C)O)[C@H](CC(=O)N(CCO)Cc2ccccc2)O[C@@H]1CCc1ccc(N2CN(c3ccccc3)C3(CCNCC3)C2=O)cc1. The van der Waals surface area contributed by atoms with E-state index in [1.165, 1.54) is 0 Å². The number of hydrogen-bond acceptors (Lipinski definition) is 7. The van der Waals surface area contributed by atoms with Gasteiger partial charge in [-0.15, -0.1) is 0 Å². The molecule has 6 rings (SSSR count). The van der Waals surface area contributed by atoms with E-state index in [1.54, 1.807) is 4.90 Å². The number of para-hydroxylation sites is 1. The Hall–Kier alpha value is -3.54. The van der Waals surface area contributed by atoms with Crippen LogP contribution in [0.4, 0.5) is 11.4 Å². The van der Waals surface area contributed by atoms with Crippen LogP contribution in [0.3, 0.4) is 0 Å². The van der Waals surface area contributed by atoms with Gasteiger partial charge in [0.2, 0.25) is 5.91 Å². The van der Waals surface area contributed by atoms with E-state index in [9.17, 15) is 19.5 Å². The van der Waals surface area contributed by atoms with E-state index < -0.39 is 13.9 Å². The van der Waals surface area contributed by atoms with Gasteiger partial charge >= 0.3 is 0 Å². The van der Waals surface area contributed by atoms with Gasteiger partial charge in [-0.2, -0.15) is 0 Å². The molecule has 0 unspecified atom stereocenters. The number of aliphatic hydroxyl groups is 1. The van der Waals surface area contributed by atoms with Crippen molar-refractivity contribution in [2.24, 2.45) is 5.92 Å². The molecule has 0 bridgehead atoms. The summed E-state index contributed by atoms with van der Waals surface area (Å²) in [5, 5.41) is 13.1. The number of nitrogens with one attached hydrogen (secondary N) is 1. The van der Waals surface area contributed by atoms with Crippen LogP contribution in [0.2, 0.25) is 18.6 Å². The summed E-state index contributed by atoms with van der Waals surface area (Å²) in [7, 11) is -2.66. The maximum atomic E-state index is 14.1. The maximum Gasteiger partial charge on any atom is 0.254 e. The maximum absolute atomic E-state index is 14.1. The number of amides is 2. The highest BCUT2D eigenvalue weighted by atomic mass is 28.4. The Morgan fingerprint density at radius 2 is 1.59 bits per heavy atom. The van der Waals surface area contributed by atoms with Gasteiger partial charge in [-0.3, -0.25) is 14.5 Å². The number of carbonyl (C=O) groups excluding carboxylic acids is 2. The number of piperidine rings is 1. The lowest BCUT2D eigenvalue weighted by Crippen LogP contribution is -2.55. The Kier molecular flexibility index (Phi) is 10.9. The van der Waals surface area contributed by atoms with E-state index >= 15 is 0 Å². The van der Waals surface area contributed by atoms with E-state index in [0.29, 0.717) is 13.2 Å². The first-order valence-electron chi connectivity index (χ1n) is 17.9. The van der Waals surface area contributed by atoms with Gasteiger partial charge in [-0.1, -0.05) is 67.6 Å². The number of hydrogen-bond donors (Lipinski definition) is 3. The first-order chi connectivity index (χ1) is 23.6. The van der Waals surface area contributed by atoms with Crippen LogP contribution in [0.5, 0.6) is 0 Å². The van der Waals surface area contributed by atoms with Crippen LogP contribution in [0.25, 0.3) is 0 Å². The summed E-state index contributed by atoms with van der Waals surface area (Å²) < 4.78 is 6.62. The van der Waals surface area contributed by atoms with Gasteiger partial charge in [-0.25, -0.2) is 0 Å². The van der Waals surface area contributed by atoms with Crippen LogP contribution < -0.4 is 15.1 Å². The molecule has 3 aliphatic rings. The summed E-state index contributed by atoms with van der Waals surface area (Å²) in [5.74, 6) is 0.210. The molecule has 9 nitrogen and oxygen atoms in total. The molecule has 49 heavy (non-hydrogen) atoms. The second kappa shape index (κ2) is 15.1. The van der Waals surface area contributed by atoms with E-state index in [0.717, 1.165) is 61.3 Å². The Morgan fingerprint density at radius 3 is 2.22 bits per heavy atom. The summed E-state index contributed by atoms with van der Waals surface area (Å²) in [6.45, 7) is 8.78. The molecule has 3 aromatic carbocycles. The van der Waals surface area contributed by atoms with Crippen LogP contribution in [0, 0.1) is 5.92 Å². The van der Waals surface area contributed by atoms with Crippen molar-refractivity contribution in [2.75, 3.05) is 42.7 Å². The lowest BCUT2D eigenvalue weighted by molar-refractivity contribution is -0.135. The zero-order chi connectivity index (χ0) is 34.6. The minimum Gasteiger partial charge on any atom is -0.432 e. The number of aliphatic hydroxyl groups excluding tert-OH is 1. The molecule has 0 saturated carbocycles. The van der Waals surface area contributed by atoms with Gasteiger partial charge in [0, 0.05) is 30.0 Å². The van der Waals surface area contributed by atoms with Crippen LogP contribution in [-0.4, -0.2) is 85.6 Å². The van der Waals surface area contributed by atoms with Crippen molar-refractivity contribution in [1.82, 2.24) is 10.2 Å². The number of rotatable bonds is 12. The van der Waals surface area contributed by atoms with Crippen molar-refractivity contribution in [3.05, 3.63) is 96.1 Å². The third kappa shape index (κ3) is 7.63. The first kappa shape index (κ1) is 35.3. The fraction of sp³-hybridized carbons (Fsp3) is 0.487. The summed E-state index contributed by atoms with van der Waals surface area (Å²) in [6, 6.07) is 28.4. The van der Waals surface area contributed by atoms with E-state index in [2.05, 4.69) is 53.5 Å². The zero-order valence-corrected chi connectivity index (χ0v) is 30.1. The molecule has 3 N–H and O–H groups in total. The quantitative estimate of drug-likeness (QED) is 0.233. The molecule has 0 aliphatic carbocycles. The van der Waals surface area contributed by atoms with Gasteiger partial charge in [0.25, 0.3) is 5.91 Å². The van der Waals surface area contributed by atoms with E-state index in [1.807, 2.05) is 66.5 Å². The van der Waals surface area contributed by atoms with Gasteiger partial charge in [-0.05, 0) is 93.2 Å². The summed E-state index contributed by atoms with van der Waals surface area (Å²) >= 11 is 0. The van der Waals surface area contributed by atoms with Crippen LogP contribution in [0.1, 0.15) is 43.7 Å². The van der Waals surface area contributed by atoms with Crippen molar-refractivity contribution in [3.8, 4) is 0 Å². The second-order valence-corrected chi connectivity index (χ2v) is 18.6. The highest BCUT2D eigenvalue weighted by Gasteiger charge is 2.53. The fourth-order valence-corrected chi connectivity index (χ4v) is 11.1. The van der Waals surface area contributed by atoms with Crippen molar-refractivity contribution in [3.63, 3.8) is 0 Å². The van der Waals surface area contributed by atoms with Crippen molar-refractivity contribution >= 4 is 31.5 Å². The average molecular weight is 685 g/mol. The molecule has 262 valence electrons. The summed E-state index contributed by atoms with van der Waals surface area (Å²) in [6.07, 6.45) is 2.86. The molecule has 3 fully saturated rings. The lowest BCUT2D eigenvalue weighted by Gasteiger charge is -2.39. The largest absolute Gasteiger partial charge is 0.432 e. The number of nitrogens with zero attached hydrogens (tertiary/aromatic N) is 3. The molecular formula is C39H52N4O5Si. The lowest BCUT2D eigenvalue weighted by atomic mass is 9.86. The Bertz CT molecular complexity index is 1550. The highest BCUT2D eigenvalue weighted by molar-refractivity contribution is 6.71. The average Bonchev–Trinajstić information content (AvgIpc) is 3.57. The minimum absolute atomic E-state index is 0.0665. The van der Waals surface area contributed by atoms with Gasteiger partial charge in [0.15, 0.2) is 8.32 Å². The first-order valence-corrected chi connectivity index (χ1v) is 20.9. The Labute approximate surface area is 292 Å². The number of anilines is 2. The number of carbonyl (C=O) groups is 2. The molecule has 0 radical (unpaired) electrons. The number of aryl methyl sites for hydroxylation is 1. The molecule has 0 aromatic heterocycles. The van der Waals surface area contributed by atoms with Crippen LogP contribution in [0.15, 0.2) is 84.9 Å². The fourth-order valence-electron chi connectivity index (χ4n) is 8.44. The van der Waals surface area contributed by atoms with Crippen molar-refractivity contribution in [2.45, 2.75) is 82.0 Å². The minimum atomic E-state index is -2.66. The summed E-state index contributed by atoms with van der Waals surface area (Å²) in [4.78, 5) is 44.9. The predicted molar refractivity (Wildman–Crippen MR) is 196 cm³/mol. The topological polar surface area (TPSA) is 106 Å². The van der Waals surface area contributed by atoms with Crippen LogP contribution >= 0.6 is 0 Å². The third-order valence-electron chi connectivity index (χ3n) is 10.9. The van der Waals surface area contributed by atoms with Crippen LogP contribution in [-0.2, 0) is 27.3 Å². The van der Waals surface area contributed by atoms with Gasteiger partial charge < -0.3 is 29.8 Å². The summed E-state index contributed by atoms with van der Waals surface area (Å²) in [5.41, 5.74) is 3.55. The normalized spacial score (nSPS) is 23.7. The molecular weight excluding hydrogens is 633 g/mol. The molecule has 2 amide bonds. The smallest absolute Gasteiger partial charge is 0.254 e. The third-order valence-corrected chi connectivity index (χ3v) is 13.5. The van der Waals surface area contributed by atoms with Gasteiger partial charge in [0.1, 0.15) is 5.54 Å². The molecule has 10 heteroatoms. The standard InChI is InChI=1S/C39H52N4O5Si/c1-29-34(48-35(37(29)49(2,3)47)26-36(45)41(24-25-44)27-31-10-6-4-7-11-31)19-16-30-14-17-32(18-15-30)42-28-43(33-12-8-5-9-13-33)39(38(42)46)20-22-40-23-21-39/h4-15,17-18,29,34-35,37,40,44,47H,16,19-28H2,1-3H3/t29-,34+,35-,37+/m0/s1. The van der Waals surface area contributed by atoms with E-state index in [4.69, 9.17) is 4.74 Å².